The Kier molecular flexibility index (Phi) is 10.1. The molecule has 0 fully saturated rings. The van der Waals surface area contributed by atoms with Crippen molar-refractivity contribution in [1.29, 1.82) is 0 Å². The molecule has 0 N–H and O–H groups in total. The largest absolute Gasteiger partial charge is 0.313 e. The molecule has 3 heterocycles. The molecule has 71 heavy (non-hydrogen) atoms. The molecule has 0 spiro atoms. The van der Waals surface area contributed by atoms with Crippen molar-refractivity contribution in [1.82, 2.24) is 13.7 Å². The fraction of sp³-hybridized carbons (Fsp3) is 0.0492. The summed E-state index contributed by atoms with van der Waals surface area (Å²) in [5.41, 5.74) is 28.9. The van der Waals surface area contributed by atoms with E-state index < -0.39 is 0 Å². The maximum atomic E-state index is 3.78. The highest BCUT2D eigenvalue weighted by Gasteiger charge is 2.28. The summed E-state index contributed by atoms with van der Waals surface area (Å²) in [6.07, 6.45) is 11.9. The lowest BCUT2D eigenvalue weighted by atomic mass is 9.64. The molecule has 13 rings (SSSR count). The number of rotatable bonds is 6. The van der Waals surface area contributed by atoms with Crippen LogP contribution < -0.4 is 38.2 Å². The van der Waals surface area contributed by atoms with Crippen LogP contribution in [0.25, 0.3) is 105 Å². The van der Waals surface area contributed by atoms with E-state index in [0.29, 0.717) is 6.42 Å². The Hall–Kier alpha value is -7.87. The van der Waals surface area contributed by atoms with Crippen LogP contribution in [0.3, 0.4) is 0 Å². The standard InChI is InChI=1S/C61H48B7N3/c62-53-49(36-30-31-47-43(32-36)50-40(35-18-6-2-7-19-35)25-15-29-48(50)69(47)37-20-8-3-9-21-37)54(63)58(67)60-51(53)52-55(64)56(65)57(66)59(68)61(52)70(60)38-22-14-28-46-42(33-38)41-24-11-13-27-45(41)71(46)44-26-12-10-23-39(44)34-16-4-1-5-17-34/h1-4,6-13,15-16,18-21,23-27,29-33H,5,17,22,62-68H2. The summed E-state index contributed by atoms with van der Waals surface area (Å²) in [6.45, 7) is 0. The van der Waals surface area contributed by atoms with E-state index >= 15 is 0 Å². The second-order valence-corrected chi connectivity index (χ2v) is 19.9. The van der Waals surface area contributed by atoms with Gasteiger partial charge in [-0.15, -0.1) is 5.46 Å². The van der Waals surface area contributed by atoms with Crippen molar-refractivity contribution < 1.29 is 0 Å². The molecule has 0 saturated carbocycles. The Morgan fingerprint density at radius 3 is 1.93 bits per heavy atom. The van der Waals surface area contributed by atoms with Crippen LogP contribution >= 0.6 is 0 Å². The van der Waals surface area contributed by atoms with Gasteiger partial charge in [-0.25, -0.2) is 0 Å². The Balaban J connectivity index is 1.08. The number of aromatic nitrogens is 3. The van der Waals surface area contributed by atoms with Gasteiger partial charge in [0.05, 0.1) is 28.7 Å². The number of allylic oxidation sites excluding steroid dienone is 5. The molecule has 0 bridgehead atoms. The van der Waals surface area contributed by atoms with Gasteiger partial charge in [0.25, 0.3) is 0 Å². The molecular formula is C61H48B7N3. The van der Waals surface area contributed by atoms with Gasteiger partial charge < -0.3 is 13.7 Å². The average Bonchev–Trinajstić information content (AvgIpc) is 3.99. The van der Waals surface area contributed by atoms with E-state index in [4.69, 9.17) is 0 Å². The van der Waals surface area contributed by atoms with Crippen LogP contribution in [0, 0.1) is 11.8 Å². The highest BCUT2D eigenvalue weighted by Crippen LogP contribution is 2.42. The fourth-order valence-electron chi connectivity index (χ4n) is 12.5. The van der Waals surface area contributed by atoms with Gasteiger partial charge in [-0.1, -0.05) is 160 Å². The minimum Gasteiger partial charge on any atom is -0.313 e. The van der Waals surface area contributed by atoms with Crippen LogP contribution in [0.2, 0.25) is 0 Å². The normalized spacial score (nSPS) is 13.4. The molecule has 3 nitrogen and oxygen atoms in total. The minimum atomic E-state index is 0.621. The molecule has 8 aromatic carbocycles. The second kappa shape index (κ2) is 16.6. The van der Waals surface area contributed by atoms with Gasteiger partial charge in [-0.2, -0.15) is 0 Å². The minimum absolute atomic E-state index is 0.621. The lowest BCUT2D eigenvalue weighted by molar-refractivity contribution is 1.04. The van der Waals surface area contributed by atoms with Gasteiger partial charge in [0.1, 0.15) is 60.6 Å². The second-order valence-electron chi connectivity index (χ2n) is 19.9. The van der Waals surface area contributed by atoms with Crippen LogP contribution in [-0.2, 0) is 0 Å². The van der Waals surface area contributed by atoms with Crippen LogP contribution in [0.15, 0.2) is 164 Å². The molecule has 0 radical (unpaired) electrons. The van der Waals surface area contributed by atoms with Crippen molar-refractivity contribution in [3.63, 3.8) is 0 Å². The Morgan fingerprint density at radius 1 is 0.479 bits per heavy atom. The molecule has 2 aliphatic carbocycles. The smallest absolute Gasteiger partial charge is 0.141 e. The van der Waals surface area contributed by atoms with E-state index in [1.165, 1.54) is 143 Å². The zero-order valence-corrected chi connectivity index (χ0v) is 41.6. The summed E-state index contributed by atoms with van der Waals surface area (Å²) < 4.78 is 7.50. The van der Waals surface area contributed by atoms with E-state index in [1.807, 2.05) is 0 Å². The van der Waals surface area contributed by atoms with Gasteiger partial charge in [0.15, 0.2) is 0 Å². The lowest BCUT2D eigenvalue weighted by Gasteiger charge is -2.19. The van der Waals surface area contributed by atoms with Crippen LogP contribution in [0.1, 0.15) is 36.1 Å². The first kappa shape index (κ1) is 43.2. The first-order chi connectivity index (χ1) is 34.7. The first-order valence-corrected chi connectivity index (χ1v) is 25.2. The molecule has 328 valence electrons. The van der Waals surface area contributed by atoms with E-state index in [9.17, 15) is 0 Å². The van der Waals surface area contributed by atoms with E-state index in [0.717, 1.165) is 24.2 Å². The highest BCUT2D eigenvalue weighted by atomic mass is 15.0. The van der Waals surface area contributed by atoms with Crippen molar-refractivity contribution in [2.24, 2.45) is 0 Å². The van der Waals surface area contributed by atoms with E-state index in [1.54, 1.807) is 0 Å². The Morgan fingerprint density at radius 2 is 1.14 bits per heavy atom. The number of fused-ring (bicyclic) bond motifs is 9. The quantitative estimate of drug-likeness (QED) is 0.180. The average molecular weight is 899 g/mol. The zero-order valence-electron chi connectivity index (χ0n) is 41.6. The number of benzene rings is 8. The Bertz CT molecular complexity index is 4270. The van der Waals surface area contributed by atoms with Crippen molar-refractivity contribution in [2.45, 2.75) is 19.3 Å². The van der Waals surface area contributed by atoms with Crippen molar-refractivity contribution >= 4 is 165 Å². The summed E-state index contributed by atoms with van der Waals surface area (Å²) in [5, 5.41) is 6.43. The lowest BCUT2D eigenvalue weighted by Crippen LogP contribution is -2.48. The Labute approximate surface area is 421 Å². The maximum Gasteiger partial charge on any atom is 0.141 e. The van der Waals surface area contributed by atoms with Gasteiger partial charge in [0.2, 0.25) is 0 Å². The van der Waals surface area contributed by atoms with Gasteiger partial charge in [-0.3, -0.25) is 0 Å². The first-order valence-electron chi connectivity index (χ1n) is 25.2. The summed E-state index contributed by atoms with van der Waals surface area (Å²) >= 11 is 0. The van der Waals surface area contributed by atoms with Crippen molar-refractivity contribution in [2.75, 3.05) is 0 Å². The number of hydrogen-bond acceptors (Lipinski definition) is 0. The third-order valence-corrected chi connectivity index (χ3v) is 16.3. The molecule has 0 unspecified atom stereocenters. The predicted octanol–water partition coefficient (Wildman–Crippen LogP) is 3.47. The van der Waals surface area contributed by atoms with Gasteiger partial charge in [-0.05, 0) is 101 Å². The highest BCUT2D eigenvalue weighted by molar-refractivity contribution is 6.69. The number of hydrogen-bond donors (Lipinski definition) is 0. The van der Waals surface area contributed by atoms with Gasteiger partial charge >= 0.3 is 0 Å². The SMILES string of the molecule is Bc1c(B)c(B)c2c(c1B)c1c(B)c(-c3ccc4c(c3)c3c(-c5ccccc5)cccc3n4-c3ccccc3)c(B)c(B)c1n2C1=Cc2c(n(-c3ccccc3C3=CC=CCC3)c3ccccc23)C#CC1. The molecule has 2 aliphatic rings. The zero-order chi connectivity index (χ0) is 48.2. The molecule has 0 aliphatic heterocycles. The van der Waals surface area contributed by atoms with E-state index in [2.05, 4.69) is 250 Å². The topological polar surface area (TPSA) is 14.8 Å². The summed E-state index contributed by atoms with van der Waals surface area (Å²) in [6, 6.07) is 53.5. The predicted molar refractivity (Wildman–Crippen MR) is 327 cm³/mol. The van der Waals surface area contributed by atoms with Crippen molar-refractivity contribution in [3.8, 4) is 45.5 Å². The molecule has 0 atom stereocenters. The van der Waals surface area contributed by atoms with Crippen LogP contribution in [-0.4, -0.2) is 68.6 Å². The number of para-hydroxylation sites is 3. The summed E-state index contributed by atoms with van der Waals surface area (Å²) in [7, 11) is 16.4. The third kappa shape index (κ3) is 6.42. The monoisotopic (exact) mass is 899 g/mol. The molecule has 0 saturated heterocycles. The maximum absolute atomic E-state index is 3.78. The number of nitrogens with zero attached hydrogens (tertiary/aromatic N) is 3. The third-order valence-electron chi connectivity index (χ3n) is 16.3. The molecule has 11 aromatic rings. The summed E-state index contributed by atoms with van der Waals surface area (Å²) in [5.74, 6) is 7.54. The summed E-state index contributed by atoms with van der Waals surface area (Å²) in [4.78, 5) is 0. The molecule has 0 amide bonds. The molecular weight excluding hydrogens is 850 g/mol. The molecule has 10 heteroatoms. The van der Waals surface area contributed by atoms with E-state index in [-0.39, 0.29) is 0 Å². The van der Waals surface area contributed by atoms with Crippen LogP contribution in [0.5, 0.6) is 0 Å². The van der Waals surface area contributed by atoms with Gasteiger partial charge in [0, 0.05) is 55.1 Å². The molecule has 3 aromatic heterocycles. The van der Waals surface area contributed by atoms with Crippen LogP contribution in [0.4, 0.5) is 0 Å². The van der Waals surface area contributed by atoms with Crippen molar-refractivity contribution in [3.05, 3.63) is 181 Å². The fourth-order valence-corrected chi connectivity index (χ4v) is 12.5.